The van der Waals surface area contributed by atoms with Crippen LogP contribution in [0.2, 0.25) is 0 Å². The molecule has 0 aliphatic carbocycles. The van der Waals surface area contributed by atoms with Crippen LogP contribution in [0.15, 0.2) is 29.0 Å². The molecule has 0 spiro atoms. The molecule has 1 aliphatic heterocycles. The minimum atomic E-state index is 0.328. The molecule has 3 aromatic rings. The molecule has 4 rings (SSSR count). The third kappa shape index (κ3) is 3.33. The Hall–Kier alpha value is -2.61. The van der Waals surface area contributed by atoms with Crippen LogP contribution in [-0.2, 0) is 17.6 Å². The van der Waals surface area contributed by atoms with Crippen molar-refractivity contribution < 1.29 is 9.26 Å². The normalized spacial score (nSPS) is 17.4. The third-order valence-corrected chi connectivity index (χ3v) is 4.05. The maximum absolute atomic E-state index is 5.37. The van der Waals surface area contributed by atoms with E-state index < -0.39 is 0 Å². The fourth-order valence-electron chi connectivity index (χ4n) is 2.72. The van der Waals surface area contributed by atoms with Gasteiger partial charge in [0, 0.05) is 43.3 Å². The molecule has 0 aromatic carbocycles. The van der Waals surface area contributed by atoms with Gasteiger partial charge in [0.05, 0.1) is 6.61 Å². The Morgan fingerprint density at radius 1 is 1.17 bits per heavy atom. The molecule has 1 aliphatic rings. The molecule has 124 valence electrons. The first-order valence-electron chi connectivity index (χ1n) is 8.10. The smallest absolute Gasteiger partial charge is 0.226 e. The Kier molecular flexibility index (Phi) is 4.28. The average Bonchev–Trinajstić information content (AvgIpc) is 3.37. The van der Waals surface area contributed by atoms with Crippen molar-refractivity contribution in [2.75, 3.05) is 13.2 Å². The minimum absolute atomic E-state index is 0.328. The largest absolute Gasteiger partial charge is 0.381 e. The van der Waals surface area contributed by atoms with E-state index in [9.17, 15) is 0 Å². The van der Waals surface area contributed by atoms with Crippen LogP contribution in [-0.4, -0.2) is 43.5 Å². The summed E-state index contributed by atoms with van der Waals surface area (Å²) in [4.78, 5) is 12.9. The van der Waals surface area contributed by atoms with Gasteiger partial charge in [0.15, 0.2) is 5.82 Å². The van der Waals surface area contributed by atoms with Gasteiger partial charge in [-0.1, -0.05) is 5.16 Å². The summed E-state index contributed by atoms with van der Waals surface area (Å²) >= 11 is 0. The lowest BCUT2D eigenvalue weighted by Crippen LogP contribution is -2.00. The second-order valence-corrected chi connectivity index (χ2v) is 5.80. The molecular weight excluding hydrogens is 308 g/mol. The van der Waals surface area contributed by atoms with Crippen molar-refractivity contribution in [3.05, 3.63) is 42.1 Å². The molecular formula is C16H18N6O2. The maximum Gasteiger partial charge on any atom is 0.226 e. The highest BCUT2D eigenvalue weighted by Gasteiger charge is 2.21. The molecule has 0 saturated carbocycles. The molecule has 0 amide bonds. The number of ether oxygens (including phenoxy) is 1. The van der Waals surface area contributed by atoms with Gasteiger partial charge in [-0.05, 0) is 25.0 Å². The van der Waals surface area contributed by atoms with Crippen LogP contribution in [0.1, 0.15) is 36.3 Å². The van der Waals surface area contributed by atoms with Crippen LogP contribution < -0.4 is 0 Å². The van der Waals surface area contributed by atoms with Gasteiger partial charge in [0.1, 0.15) is 5.82 Å². The predicted molar refractivity (Wildman–Crippen MR) is 84.1 cm³/mol. The standard InChI is InChI=1S/C16H18N6O2/c1(2-13-18-15(21-20-13)12-6-9-23-10-12)3-14-19-16(22-24-14)11-4-7-17-8-5-11/h4-5,7-8,12H,1-3,6,9-10H2,(H,18,20,21). The summed E-state index contributed by atoms with van der Waals surface area (Å²) in [5.41, 5.74) is 0.902. The number of aromatic nitrogens is 6. The van der Waals surface area contributed by atoms with Crippen LogP contribution >= 0.6 is 0 Å². The number of H-pyrrole nitrogens is 1. The number of hydrogen-bond donors (Lipinski definition) is 1. The zero-order valence-corrected chi connectivity index (χ0v) is 13.2. The van der Waals surface area contributed by atoms with Gasteiger partial charge >= 0.3 is 0 Å². The number of aryl methyl sites for hydroxylation is 2. The summed E-state index contributed by atoms with van der Waals surface area (Å²) in [7, 11) is 0. The molecule has 4 heterocycles. The Morgan fingerprint density at radius 2 is 2.08 bits per heavy atom. The van der Waals surface area contributed by atoms with Crippen molar-refractivity contribution in [2.24, 2.45) is 0 Å². The average molecular weight is 326 g/mol. The molecule has 1 saturated heterocycles. The predicted octanol–water partition coefficient (Wildman–Crippen LogP) is 1.93. The monoisotopic (exact) mass is 326 g/mol. The maximum atomic E-state index is 5.37. The van der Waals surface area contributed by atoms with Crippen molar-refractivity contribution in [3.63, 3.8) is 0 Å². The molecule has 1 fully saturated rings. The van der Waals surface area contributed by atoms with E-state index in [-0.39, 0.29) is 0 Å². The van der Waals surface area contributed by atoms with Crippen LogP contribution in [0, 0.1) is 0 Å². The second-order valence-electron chi connectivity index (χ2n) is 5.80. The first-order valence-corrected chi connectivity index (χ1v) is 8.10. The van der Waals surface area contributed by atoms with Gasteiger partial charge in [0.25, 0.3) is 0 Å². The Morgan fingerprint density at radius 3 is 2.92 bits per heavy atom. The van der Waals surface area contributed by atoms with E-state index in [1.165, 1.54) is 0 Å². The van der Waals surface area contributed by atoms with Crippen molar-refractivity contribution >= 4 is 0 Å². The Bertz CT molecular complexity index is 779. The van der Waals surface area contributed by atoms with E-state index in [4.69, 9.17) is 9.26 Å². The topological polar surface area (TPSA) is 103 Å². The molecule has 0 radical (unpaired) electrons. The summed E-state index contributed by atoms with van der Waals surface area (Å²) in [6.45, 7) is 1.52. The Labute approximate surface area is 138 Å². The van der Waals surface area contributed by atoms with Gasteiger partial charge in [-0.25, -0.2) is 4.98 Å². The Balaban J connectivity index is 1.31. The van der Waals surface area contributed by atoms with Crippen LogP contribution in [0.5, 0.6) is 0 Å². The second kappa shape index (κ2) is 6.88. The number of pyridine rings is 1. The molecule has 0 bridgehead atoms. The number of nitrogens with one attached hydrogen (secondary N) is 1. The van der Waals surface area contributed by atoms with Crippen molar-refractivity contribution in [1.29, 1.82) is 0 Å². The van der Waals surface area contributed by atoms with Crippen molar-refractivity contribution in [1.82, 2.24) is 30.3 Å². The van der Waals surface area contributed by atoms with Crippen LogP contribution in [0.3, 0.4) is 0 Å². The lowest BCUT2D eigenvalue weighted by atomic mass is 10.1. The van der Waals surface area contributed by atoms with Crippen LogP contribution in [0.4, 0.5) is 0 Å². The zero-order valence-electron chi connectivity index (χ0n) is 13.2. The first kappa shape index (κ1) is 14.9. The van der Waals surface area contributed by atoms with Crippen molar-refractivity contribution in [2.45, 2.75) is 31.6 Å². The van der Waals surface area contributed by atoms with E-state index in [0.717, 1.165) is 49.7 Å². The number of nitrogens with zero attached hydrogens (tertiary/aromatic N) is 5. The van der Waals surface area contributed by atoms with E-state index in [2.05, 4.69) is 30.3 Å². The minimum Gasteiger partial charge on any atom is -0.381 e. The molecule has 8 heteroatoms. The van der Waals surface area contributed by atoms with Gasteiger partial charge in [-0.2, -0.15) is 10.1 Å². The molecule has 1 atom stereocenters. The number of aromatic amines is 1. The highest BCUT2D eigenvalue weighted by Crippen LogP contribution is 2.22. The van der Waals surface area contributed by atoms with E-state index in [1.807, 2.05) is 12.1 Å². The van der Waals surface area contributed by atoms with Gasteiger partial charge in [0.2, 0.25) is 11.7 Å². The summed E-state index contributed by atoms with van der Waals surface area (Å²) < 4.78 is 10.7. The number of hydrogen-bond acceptors (Lipinski definition) is 7. The molecule has 24 heavy (non-hydrogen) atoms. The fourth-order valence-corrected chi connectivity index (χ4v) is 2.72. The highest BCUT2D eigenvalue weighted by molar-refractivity contribution is 5.52. The quantitative estimate of drug-likeness (QED) is 0.738. The van der Waals surface area contributed by atoms with Crippen molar-refractivity contribution in [3.8, 4) is 11.4 Å². The molecule has 1 N–H and O–H groups in total. The van der Waals surface area contributed by atoms with E-state index in [1.54, 1.807) is 12.4 Å². The molecule has 8 nitrogen and oxygen atoms in total. The van der Waals surface area contributed by atoms with Crippen LogP contribution in [0.25, 0.3) is 11.4 Å². The van der Waals surface area contributed by atoms with Gasteiger partial charge in [-0.15, -0.1) is 0 Å². The molecule has 3 aromatic heterocycles. The SMILES string of the molecule is c1cc(-c2noc(CCCc3nc(C4CCOC4)n[nH]3)n2)ccn1. The highest BCUT2D eigenvalue weighted by atomic mass is 16.5. The van der Waals surface area contributed by atoms with Gasteiger partial charge < -0.3 is 9.26 Å². The molecule has 1 unspecified atom stereocenters. The summed E-state index contributed by atoms with van der Waals surface area (Å²) in [5.74, 6) is 3.31. The third-order valence-electron chi connectivity index (χ3n) is 4.05. The summed E-state index contributed by atoms with van der Waals surface area (Å²) in [5, 5.41) is 11.3. The zero-order chi connectivity index (χ0) is 16.2. The first-order chi connectivity index (χ1) is 11.9. The lowest BCUT2D eigenvalue weighted by Gasteiger charge is -1.99. The summed E-state index contributed by atoms with van der Waals surface area (Å²) in [6.07, 6.45) is 6.80. The van der Waals surface area contributed by atoms with E-state index in [0.29, 0.717) is 24.1 Å². The summed E-state index contributed by atoms with van der Waals surface area (Å²) in [6, 6.07) is 3.72. The number of rotatable bonds is 6. The van der Waals surface area contributed by atoms with E-state index >= 15 is 0 Å². The fraction of sp³-hybridized carbons (Fsp3) is 0.438. The van der Waals surface area contributed by atoms with Gasteiger partial charge in [-0.3, -0.25) is 10.1 Å². The lowest BCUT2D eigenvalue weighted by molar-refractivity contribution is 0.193.